The van der Waals surface area contributed by atoms with E-state index in [1.807, 2.05) is 6.07 Å². The van der Waals surface area contributed by atoms with Crippen molar-refractivity contribution in [3.63, 3.8) is 0 Å². The molecule has 1 amide bonds. The maximum Gasteiger partial charge on any atom is 0.261 e. The summed E-state index contributed by atoms with van der Waals surface area (Å²) in [4.78, 5) is 16.5. The minimum atomic E-state index is -0.448. The summed E-state index contributed by atoms with van der Waals surface area (Å²) in [7, 11) is 0. The molecule has 7 nitrogen and oxygen atoms in total. The number of anilines is 2. The van der Waals surface area contributed by atoms with Crippen LogP contribution < -0.4 is 10.6 Å². The van der Waals surface area contributed by atoms with Crippen LogP contribution in [0.15, 0.2) is 30.5 Å². The number of carbonyl (C=O) groups is 1. The fraction of sp³-hybridized carbons (Fsp3) is 0.250. The van der Waals surface area contributed by atoms with Crippen LogP contribution in [0.5, 0.6) is 5.75 Å². The number of halogens is 1. The fourth-order valence-electron chi connectivity index (χ4n) is 2.19. The molecule has 132 valence electrons. The summed E-state index contributed by atoms with van der Waals surface area (Å²) in [6.45, 7) is 2.93. The van der Waals surface area contributed by atoms with Crippen LogP contribution in [0.3, 0.4) is 0 Å². The minimum absolute atomic E-state index is 0. The van der Waals surface area contributed by atoms with E-state index >= 15 is 0 Å². The quantitative estimate of drug-likeness (QED) is 0.565. The van der Waals surface area contributed by atoms with Crippen molar-refractivity contribution in [2.75, 3.05) is 17.2 Å². The Hall–Kier alpha value is -2.45. The molecule has 3 aromatic rings. The number of nitrogens with one attached hydrogen (secondary N) is 2. The molecule has 0 spiro atoms. The van der Waals surface area contributed by atoms with Gasteiger partial charge in [0.15, 0.2) is 5.75 Å². The topological polar surface area (TPSA) is 100 Å². The lowest BCUT2D eigenvalue weighted by molar-refractivity contribution is 0.102. The zero-order chi connectivity index (χ0) is 16.9. The molecule has 0 unspecified atom stereocenters. The van der Waals surface area contributed by atoms with E-state index < -0.39 is 5.91 Å². The summed E-state index contributed by atoms with van der Waals surface area (Å²) in [5.41, 5.74) is 0.543. The largest absolute Gasteiger partial charge is 0.505 e. The van der Waals surface area contributed by atoms with Crippen molar-refractivity contribution in [1.82, 2.24) is 15.2 Å². The van der Waals surface area contributed by atoms with Crippen LogP contribution in [0.4, 0.5) is 10.3 Å². The number of nitrogens with zero attached hydrogens (tertiary/aromatic N) is 3. The normalized spacial score (nSPS) is 10.3. The van der Waals surface area contributed by atoms with Crippen molar-refractivity contribution in [3.05, 3.63) is 36.0 Å². The Morgan fingerprint density at radius 1 is 1.24 bits per heavy atom. The van der Waals surface area contributed by atoms with E-state index in [1.54, 1.807) is 24.4 Å². The average Bonchev–Trinajstić information content (AvgIpc) is 3.03. The number of amides is 1. The molecule has 2 aromatic heterocycles. The van der Waals surface area contributed by atoms with E-state index in [9.17, 15) is 9.90 Å². The molecule has 0 bridgehead atoms. The maximum atomic E-state index is 12.4. The lowest BCUT2D eigenvalue weighted by Gasteiger charge is -2.06. The monoisotopic (exact) mass is 379 g/mol. The summed E-state index contributed by atoms with van der Waals surface area (Å²) in [5.74, 6) is -0.590. The molecular weight excluding hydrogens is 362 g/mol. The van der Waals surface area contributed by atoms with Gasteiger partial charge < -0.3 is 10.4 Å². The number of hydrogen-bond acceptors (Lipinski definition) is 7. The Morgan fingerprint density at radius 3 is 2.84 bits per heavy atom. The molecule has 0 aliphatic heterocycles. The van der Waals surface area contributed by atoms with Crippen molar-refractivity contribution < 1.29 is 9.90 Å². The smallest absolute Gasteiger partial charge is 0.261 e. The first-order valence-corrected chi connectivity index (χ1v) is 8.46. The Balaban J connectivity index is 0.00000225. The van der Waals surface area contributed by atoms with Crippen LogP contribution in [0.1, 0.15) is 30.1 Å². The Kier molecular flexibility index (Phi) is 6.49. The number of unbranched alkanes of at least 4 members (excludes halogenated alkanes) is 1. The van der Waals surface area contributed by atoms with Crippen molar-refractivity contribution in [2.24, 2.45) is 0 Å². The molecule has 0 aliphatic rings. The summed E-state index contributed by atoms with van der Waals surface area (Å²) in [6.07, 6.45) is 3.70. The summed E-state index contributed by atoms with van der Waals surface area (Å²) < 4.78 is 0. The van der Waals surface area contributed by atoms with Gasteiger partial charge in [-0.05, 0) is 18.6 Å². The maximum absolute atomic E-state index is 12.4. The molecule has 0 saturated heterocycles. The van der Waals surface area contributed by atoms with Gasteiger partial charge in [-0.25, -0.2) is 0 Å². The van der Waals surface area contributed by atoms with Gasteiger partial charge in [0.1, 0.15) is 5.52 Å². The predicted octanol–water partition coefficient (Wildman–Crippen LogP) is 3.68. The van der Waals surface area contributed by atoms with E-state index in [4.69, 9.17) is 0 Å². The van der Waals surface area contributed by atoms with Gasteiger partial charge in [0.2, 0.25) is 10.3 Å². The highest BCUT2D eigenvalue weighted by Crippen LogP contribution is 2.28. The van der Waals surface area contributed by atoms with Crippen molar-refractivity contribution in [1.29, 1.82) is 0 Å². The molecule has 3 rings (SSSR count). The molecule has 2 heterocycles. The van der Waals surface area contributed by atoms with Gasteiger partial charge in [0.25, 0.3) is 5.91 Å². The number of carbonyl (C=O) groups excluding carboxylic acids is 1. The molecule has 1 aromatic carbocycles. The molecule has 0 atom stereocenters. The summed E-state index contributed by atoms with van der Waals surface area (Å²) in [6, 6.07) is 6.91. The van der Waals surface area contributed by atoms with Crippen LogP contribution in [0.25, 0.3) is 10.9 Å². The second-order valence-electron chi connectivity index (χ2n) is 5.18. The summed E-state index contributed by atoms with van der Waals surface area (Å²) in [5, 5.41) is 25.8. The highest BCUT2D eigenvalue weighted by atomic mass is 35.5. The van der Waals surface area contributed by atoms with Crippen LogP contribution >= 0.6 is 23.7 Å². The first-order valence-electron chi connectivity index (χ1n) is 7.64. The highest BCUT2D eigenvalue weighted by Gasteiger charge is 2.16. The molecule has 0 aliphatic carbocycles. The second-order valence-corrected chi connectivity index (χ2v) is 6.16. The zero-order valence-electron chi connectivity index (χ0n) is 13.5. The minimum Gasteiger partial charge on any atom is -0.505 e. The molecule has 3 N–H and O–H groups in total. The average molecular weight is 380 g/mol. The van der Waals surface area contributed by atoms with Gasteiger partial charge in [0, 0.05) is 18.1 Å². The van der Waals surface area contributed by atoms with Crippen LogP contribution in [-0.2, 0) is 0 Å². The Labute approximate surface area is 154 Å². The third-order valence-electron chi connectivity index (χ3n) is 3.44. The van der Waals surface area contributed by atoms with Gasteiger partial charge in [-0.2, -0.15) is 0 Å². The van der Waals surface area contributed by atoms with E-state index in [-0.39, 0.29) is 23.7 Å². The number of pyridine rings is 1. The van der Waals surface area contributed by atoms with Crippen LogP contribution in [-0.4, -0.2) is 32.7 Å². The van der Waals surface area contributed by atoms with E-state index in [1.165, 1.54) is 11.3 Å². The van der Waals surface area contributed by atoms with E-state index in [0.29, 0.717) is 15.8 Å². The third kappa shape index (κ3) is 4.34. The Bertz CT molecular complexity index is 871. The van der Waals surface area contributed by atoms with Crippen molar-refractivity contribution in [3.8, 4) is 5.75 Å². The van der Waals surface area contributed by atoms with Gasteiger partial charge in [-0.15, -0.1) is 22.6 Å². The van der Waals surface area contributed by atoms with Gasteiger partial charge >= 0.3 is 0 Å². The number of aromatic nitrogens is 3. The van der Waals surface area contributed by atoms with Crippen LogP contribution in [0, 0.1) is 0 Å². The van der Waals surface area contributed by atoms with Crippen molar-refractivity contribution >= 4 is 50.8 Å². The van der Waals surface area contributed by atoms with Crippen molar-refractivity contribution in [2.45, 2.75) is 19.8 Å². The van der Waals surface area contributed by atoms with Gasteiger partial charge in [-0.3, -0.25) is 15.1 Å². The third-order valence-corrected chi connectivity index (χ3v) is 4.24. The lowest BCUT2D eigenvalue weighted by atomic mass is 10.1. The number of aromatic hydroxyl groups is 1. The zero-order valence-corrected chi connectivity index (χ0v) is 15.2. The molecule has 0 fully saturated rings. The number of rotatable bonds is 6. The van der Waals surface area contributed by atoms with Gasteiger partial charge in [0.05, 0.1) is 5.56 Å². The van der Waals surface area contributed by atoms with E-state index in [2.05, 4.69) is 32.7 Å². The first kappa shape index (κ1) is 18.9. The SMILES string of the molecule is CCCCNc1nnc(NC(=O)c2ccc3cccnc3c2O)s1.Cl. The lowest BCUT2D eigenvalue weighted by Crippen LogP contribution is -2.12. The van der Waals surface area contributed by atoms with E-state index in [0.717, 1.165) is 24.8 Å². The second kappa shape index (κ2) is 8.59. The standard InChI is InChI=1S/C16H17N5O2S.ClH/c1-2-3-8-18-15-20-21-16(24-15)19-14(23)11-7-6-10-5-4-9-17-12(10)13(11)22;/h4-7,9,22H,2-3,8H2,1H3,(H,18,20)(H,19,21,23);1H. The fourth-order valence-corrected chi connectivity index (χ4v) is 2.86. The number of phenols is 1. The first-order chi connectivity index (χ1) is 11.7. The number of fused-ring (bicyclic) bond motifs is 1. The molecular formula is C16H18ClN5O2S. The summed E-state index contributed by atoms with van der Waals surface area (Å²) >= 11 is 1.25. The number of benzene rings is 1. The molecule has 9 heteroatoms. The molecule has 0 radical (unpaired) electrons. The van der Waals surface area contributed by atoms with Crippen LogP contribution in [0.2, 0.25) is 0 Å². The molecule has 25 heavy (non-hydrogen) atoms. The number of hydrogen-bond donors (Lipinski definition) is 3. The predicted molar refractivity (Wildman–Crippen MR) is 102 cm³/mol. The Morgan fingerprint density at radius 2 is 2.04 bits per heavy atom. The van der Waals surface area contributed by atoms with Gasteiger partial charge in [-0.1, -0.05) is 36.8 Å². The highest BCUT2D eigenvalue weighted by molar-refractivity contribution is 7.19. The number of phenolic OH excluding ortho intramolecular Hbond substituents is 1. The molecule has 0 saturated carbocycles.